The number of H-pyrrole nitrogens is 1. The van der Waals surface area contributed by atoms with Gasteiger partial charge in [-0.3, -0.25) is 0 Å². The van der Waals surface area contributed by atoms with E-state index < -0.39 is 11.6 Å². The number of aryl methyl sites for hydroxylation is 1. The summed E-state index contributed by atoms with van der Waals surface area (Å²) in [5, 5.41) is 4.44. The van der Waals surface area contributed by atoms with Gasteiger partial charge in [0.15, 0.2) is 11.6 Å². The Morgan fingerprint density at radius 2 is 1.96 bits per heavy atom. The summed E-state index contributed by atoms with van der Waals surface area (Å²) in [6, 6.07) is 8.98. The zero-order valence-electron chi connectivity index (χ0n) is 12.5. The Labute approximate surface area is 141 Å². The smallest absolute Gasteiger partial charge is 0.164 e. The monoisotopic (exact) mass is 376 g/mol. The summed E-state index contributed by atoms with van der Waals surface area (Å²) in [7, 11) is 0. The molecule has 0 fully saturated rings. The fourth-order valence-corrected chi connectivity index (χ4v) is 3.71. The van der Waals surface area contributed by atoms with Crippen molar-refractivity contribution in [2.75, 3.05) is 6.54 Å². The third kappa shape index (κ3) is 2.30. The third-order valence-corrected chi connectivity index (χ3v) is 5.02. The van der Waals surface area contributed by atoms with E-state index in [0.29, 0.717) is 11.1 Å². The Bertz CT molecular complexity index is 917. The van der Waals surface area contributed by atoms with Gasteiger partial charge in [0, 0.05) is 33.2 Å². The summed E-state index contributed by atoms with van der Waals surface area (Å²) < 4.78 is 29.4. The van der Waals surface area contributed by atoms with Gasteiger partial charge in [0.2, 0.25) is 0 Å². The van der Waals surface area contributed by atoms with Crippen molar-refractivity contribution in [3.05, 3.63) is 68.8 Å². The van der Waals surface area contributed by atoms with Crippen LogP contribution in [0.1, 0.15) is 28.4 Å². The molecule has 3 aromatic rings. The number of benzene rings is 2. The summed E-state index contributed by atoms with van der Waals surface area (Å²) in [5.41, 5.74) is 3.78. The first-order chi connectivity index (χ1) is 11.1. The van der Waals surface area contributed by atoms with E-state index in [-0.39, 0.29) is 6.04 Å². The first kappa shape index (κ1) is 14.8. The molecule has 2 N–H and O–H groups in total. The molecule has 0 aliphatic carbocycles. The van der Waals surface area contributed by atoms with E-state index in [0.717, 1.165) is 34.0 Å². The number of aromatic nitrogens is 1. The lowest BCUT2D eigenvalue weighted by atomic mass is 9.93. The SMILES string of the molecule is Cc1ccc([C@@H]2NCCc3c2[nH]c2ccc(Br)cc32)c(F)c1F. The number of rotatable bonds is 1. The van der Waals surface area contributed by atoms with Gasteiger partial charge >= 0.3 is 0 Å². The van der Waals surface area contributed by atoms with Gasteiger partial charge in [0.25, 0.3) is 0 Å². The molecule has 23 heavy (non-hydrogen) atoms. The first-order valence-corrected chi connectivity index (χ1v) is 8.33. The Balaban J connectivity index is 1.91. The van der Waals surface area contributed by atoms with Crippen LogP contribution in [0, 0.1) is 18.6 Å². The molecular formula is C18H15BrF2N2. The minimum Gasteiger partial charge on any atom is -0.357 e. The van der Waals surface area contributed by atoms with E-state index in [1.165, 1.54) is 5.56 Å². The van der Waals surface area contributed by atoms with Crippen LogP contribution in [-0.4, -0.2) is 11.5 Å². The number of hydrogen-bond donors (Lipinski definition) is 2. The van der Waals surface area contributed by atoms with E-state index >= 15 is 0 Å². The van der Waals surface area contributed by atoms with Crippen LogP contribution >= 0.6 is 15.9 Å². The topological polar surface area (TPSA) is 27.8 Å². The maximum atomic E-state index is 14.4. The van der Waals surface area contributed by atoms with Crippen LogP contribution in [0.5, 0.6) is 0 Å². The molecule has 118 valence electrons. The van der Waals surface area contributed by atoms with Crippen LogP contribution in [0.3, 0.4) is 0 Å². The van der Waals surface area contributed by atoms with Crippen LogP contribution < -0.4 is 5.32 Å². The molecule has 0 spiro atoms. The first-order valence-electron chi connectivity index (χ1n) is 7.54. The van der Waals surface area contributed by atoms with Crippen LogP contribution in [0.25, 0.3) is 10.9 Å². The molecule has 0 bridgehead atoms. The summed E-state index contributed by atoms with van der Waals surface area (Å²) in [4.78, 5) is 3.38. The Morgan fingerprint density at radius 3 is 2.78 bits per heavy atom. The molecular weight excluding hydrogens is 362 g/mol. The summed E-state index contributed by atoms with van der Waals surface area (Å²) in [6.07, 6.45) is 0.859. The molecule has 0 radical (unpaired) electrons. The lowest BCUT2D eigenvalue weighted by molar-refractivity contribution is 0.468. The van der Waals surface area contributed by atoms with Crippen LogP contribution in [-0.2, 0) is 6.42 Å². The zero-order chi connectivity index (χ0) is 16.1. The predicted octanol–water partition coefficient (Wildman–Crippen LogP) is 4.75. The lowest BCUT2D eigenvalue weighted by Gasteiger charge is -2.25. The van der Waals surface area contributed by atoms with Gasteiger partial charge in [0.05, 0.1) is 6.04 Å². The van der Waals surface area contributed by atoms with Crippen molar-refractivity contribution in [3.63, 3.8) is 0 Å². The third-order valence-electron chi connectivity index (χ3n) is 4.53. The minimum atomic E-state index is -0.768. The number of fused-ring (bicyclic) bond motifs is 3. The molecule has 0 amide bonds. The van der Waals surface area contributed by atoms with Gasteiger partial charge < -0.3 is 10.3 Å². The Morgan fingerprint density at radius 1 is 1.13 bits per heavy atom. The molecule has 5 heteroatoms. The highest BCUT2D eigenvalue weighted by molar-refractivity contribution is 9.10. The average Bonchev–Trinajstić information content (AvgIpc) is 2.91. The van der Waals surface area contributed by atoms with Gasteiger partial charge in [-0.15, -0.1) is 0 Å². The van der Waals surface area contributed by atoms with Crippen LogP contribution in [0.2, 0.25) is 0 Å². The lowest BCUT2D eigenvalue weighted by Crippen LogP contribution is -2.31. The molecule has 2 heterocycles. The largest absolute Gasteiger partial charge is 0.357 e. The van der Waals surface area contributed by atoms with Crippen molar-refractivity contribution in [1.82, 2.24) is 10.3 Å². The average molecular weight is 377 g/mol. The standard InChI is InChI=1S/C18H15BrF2N2/c1-9-2-4-12(16(21)15(9)20)17-18-11(6-7-22-17)13-8-10(19)3-5-14(13)23-18/h2-5,8,17,22-23H,6-7H2,1H3/t17-/m0/s1. The highest BCUT2D eigenvalue weighted by Crippen LogP contribution is 2.36. The van der Waals surface area contributed by atoms with Gasteiger partial charge in [-0.05, 0) is 42.7 Å². The van der Waals surface area contributed by atoms with Gasteiger partial charge in [-0.25, -0.2) is 8.78 Å². The zero-order valence-corrected chi connectivity index (χ0v) is 14.1. The van der Waals surface area contributed by atoms with Crippen molar-refractivity contribution in [2.24, 2.45) is 0 Å². The van der Waals surface area contributed by atoms with Gasteiger partial charge in [-0.2, -0.15) is 0 Å². The number of halogens is 3. The molecule has 2 aromatic carbocycles. The van der Waals surface area contributed by atoms with Crippen molar-refractivity contribution in [1.29, 1.82) is 0 Å². The van der Waals surface area contributed by atoms with Gasteiger partial charge in [0.1, 0.15) is 0 Å². The summed E-state index contributed by atoms with van der Waals surface area (Å²) in [5.74, 6) is -1.54. The van der Waals surface area contributed by atoms with Crippen molar-refractivity contribution in [3.8, 4) is 0 Å². The Kier molecular flexibility index (Phi) is 3.50. The van der Waals surface area contributed by atoms with E-state index in [4.69, 9.17) is 0 Å². The molecule has 1 atom stereocenters. The number of nitrogens with one attached hydrogen (secondary N) is 2. The molecule has 0 saturated carbocycles. The molecule has 0 unspecified atom stereocenters. The maximum absolute atomic E-state index is 14.4. The Hall–Kier alpha value is -1.72. The van der Waals surface area contributed by atoms with E-state index in [9.17, 15) is 8.78 Å². The van der Waals surface area contributed by atoms with Crippen molar-refractivity contribution in [2.45, 2.75) is 19.4 Å². The molecule has 0 saturated heterocycles. The highest BCUT2D eigenvalue weighted by Gasteiger charge is 2.28. The molecule has 1 aliphatic heterocycles. The van der Waals surface area contributed by atoms with Crippen molar-refractivity contribution < 1.29 is 8.78 Å². The molecule has 4 rings (SSSR count). The second-order valence-corrected chi connectivity index (χ2v) is 6.86. The molecule has 2 nitrogen and oxygen atoms in total. The van der Waals surface area contributed by atoms with Crippen LogP contribution in [0.15, 0.2) is 34.8 Å². The summed E-state index contributed by atoms with van der Waals surface area (Å²) >= 11 is 3.50. The fourth-order valence-electron chi connectivity index (χ4n) is 3.35. The number of hydrogen-bond acceptors (Lipinski definition) is 1. The predicted molar refractivity (Wildman–Crippen MR) is 90.6 cm³/mol. The van der Waals surface area contributed by atoms with E-state index in [2.05, 4.69) is 32.3 Å². The minimum absolute atomic E-state index is 0.322. The normalized spacial score (nSPS) is 17.5. The second kappa shape index (κ2) is 5.42. The van der Waals surface area contributed by atoms with Crippen molar-refractivity contribution >= 4 is 26.8 Å². The highest BCUT2D eigenvalue weighted by atomic mass is 79.9. The fraction of sp³-hybridized carbons (Fsp3) is 0.222. The summed E-state index contributed by atoms with van der Waals surface area (Å²) in [6.45, 7) is 2.30. The molecule has 1 aliphatic rings. The molecule has 1 aromatic heterocycles. The maximum Gasteiger partial charge on any atom is 0.164 e. The quantitative estimate of drug-likeness (QED) is 0.629. The van der Waals surface area contributed by atoms with E-state index in [1.54, 1.807) is 19.1 Å². The number of aromatic amines is 1. The van der Waals surface area contributed by atoms with Gasteiger partial charge in [-0.1, -0.05) is 28.1 Å². The van der Waals surface area contributed by atoms with Crippen LogP contribution in [0.4, 0.5) is 8.78 Å². The second-order valence-electron chi connectivity index (χ2n) is 5.94. The van der Waals surface area contributed by atoms with E-state index in [1.807, 2.05) is 12.1 Å².